The molecule has 0 bridgehead atoms. The Morgan fingerprint density at radius 2 is 1.89 bits per heavy atom. The first-order valence-electron chi connectivity index (χ1n) is 7.45. The van der Waals surface area contributed by atoms with Crippen LogP contribution in [0.3, 0.4) is 0 Å². The van der Waals surface area contributed by atoms with Crippen molar-refractivity contribution in [2.75, 3.05) is 13.1 Å². The van der Waals surface area contributed by atoms with Crippen LogP contribution in [0.2, 0.25) is 0 Å². The summed E-state index contributed by atoms with van der Waals surface area (Å²) in [6.45, 7) is 11.0. The topological polar surface area (TPSA) is 23.5 Å². The lowest BCUT2D eigenvalue weighted by atomic mass is 9.74. The second kappa shape index (κ2) is 5.64. The van der Waals surface area contributed by atoms with Gasteiger partial charge >= 0.3 is 0 Å². The van der Waals surface area contributed by atoms with E-state index >= 15 is 0 Å². The molecule has 19 heavy (non-hydrogen) atoms. The molecule has 1 fully saturated rings. The van der Waals surface area contributed by atoms with E-state index < -0.39 is 5.60 Å². The summed E-state index contributed by atoms with van der Waals surface area (Å²) in [4.78, 5) is 2.52. The van der Waals surface area contributed by atoms with Gasteiger partial charge in [-0.15, -0.1) is 0 Å². The summed E-state index contributed by atoms with van der Waals surface area (Å²) in [6, 6.07) is 10.6. The highest BCUT2D eigenvalue weighted by molar-refractivity contribution is 5.24. The quantitative estimate of drug-likeness (QED) is 0.902. The number of hydrogen-bond donors (Lipinski definition) is 1. The van der Waals surface area contributed by atoms with Gasteiger partial charge in [-0.1, -0.05) is 51.1 Å². The van der Waals surface area contributed by atoms with E-state index in [-0.39, 0.29) is 5.92 Å². The number of hydrogen-bond acceptors (Lipinski definition) is 2. The predicted molar refractivity (Wildman–Crippen MR) is 80.0 cm³/mol. The highest BCUT2D eigenvalue weighted by Crippen LogP contribution is 2.39. The number of aliphatic hydroxyl groups is 1. The molecule has 1 aromatic carbocycles. The Labute approximate surface area is 117 Å². The molecule has 2 nitrogen and oxygen atoms in total. The highest BCUT2D eigenvalue weighted by atomic mass is 16.3. The van der Waals surface area contributed by atoms with Crippen molar-refractivity contribution in [2.24, 2.45) is 11.8 Å². The van der Waals surface area contributed by atoms with Gasteiger partial charge in [0.2, 0.25) is 0 Å². The van der Waals surface area contributed by atoms with E-state index in [4.69, 9.17) is 0 Å². The number of benzene rings is 1. The van der Waals surface area contributed by atoms with E-state index in [1.54, 1.807) is 0 Å². The zero-order valence-electron chi connectivity index (χ0n) is 12.6. The lowest BCUT2D eigenvalue weighted by Crippen LogP contribution is -2.53. The molecule has 1 N–H and O–H groups in total. The van der Waals surface area contributed by atoms with Gasteiger partial charge in [0.25, 0.3) is 0 Å². The van der Waals surface area contributed by atoms with Gasteiger partial charge in [0.1, 0.15) is 0 Å². The van der Waals surface area contributed by atoms with Crippen molar-refractivity contribution in [3.63, 3.8) is 0 Å². The molecule has 0 aromatic heterocycles. The van der Waals surface area contributed by atoms with E-state index in [2.05, 4.69) is 44.7 Å². The largest absolute Gasteiger partial charge is 0.385 e. The van der Waals surface area contributed by atoms with E-state index in [0.29, 0.717) is 12.0 Å². The molecular weight excluding hydrogens is 234 g/mol. The summed E-state index contributed by atoms with van der Waals surface area (Å²) >= 11 is 0. The molecule has 0 saturated carbocycles. The molecule has 1 aliphatic rings. The Hall–Kier alpha value is -0.860. The summed E-state index contributed by atoms with van der Waals surface area (Å²) < 4.78 is 0. The van der Waals surface area contributed by atoms with Crippen molar-refractivity contribution < 1.29 is 5.11 Å². The standard InChI is InChI=1S/C17H27NO/c1-13(2)11-18-12-14(3)17(19,10-15(18)4)16-8-6-5-7-9-16/h5-9,13-15,19H,10-12H2,1-4H3/t14-,15+,17+/m1/s1. The van der Waals surface area contributed by atoms with Crippen LogP contribution < -0.4 is 0 Å². The number of likely N-dealkylation sites (tertiary alicyclic amines) is 1. The zero-order chi connectivity index (χ0) is 14.0. The van der Waals surface area contributed by atoms with Gasteiger partial charge in [-0.3, -0.25) is 4.90 Å². The molecular formula is C17H27NO. The Morgan fingerprint density at radius 3 is 2.47 bits per heavy atom. The van der Waals surface area contributed by atoms with E-state index in [1.807, 2.05) is 18.2 Å². The van der Waals surface area contributed by atoms with Crippen LogP contribution in [0.4, 0.5) is 0 Å². The highest BCUT2D eigenvalue weighted by Gasteiger charge is 2.43. The predicted octanol–water partition coefficient (Wildman–Crippen LogP) is 3.26. The van der Waals surface area contributed by atoms with Gasteiger partial charge < -0.3 is 5.11 Å². The van der Waals surface area contributed by atoms with Crippen LogP contribution in [-0.4, -0.2) is 29.1 Å². The maximum atomic E-state index is 11.1. The molecule has 1 heterocycles. The number of rotatable bonds is 3. The first-order chi connectivity index (χ1) is 8.93. The molecule has 0 unspecified atom stereocenters. The normalized spacial score (nSPS) is 32.7. The number of nitrogens with zero attached hydrogens (tertiary/aromatic N) is 1. The van der Waals surface area contributed by atoms with Crippen LogP contribution >= 0.6 is 0 Å². The fourth-order valence-corrected chi connectivity index (χ4v) is 3.32. The van der Waals surface area contributed by atoms with Gasteiger partial charge in [-0.05, 0) is 24.8 Å². The third-order valence-corrected chi connectivity index (χ3v) is 4.43. The summed E-state index contributed by atoms with van der Waals surface area (Å²) in [5.74, 6) is 0.947. The smallest absolute Gasteiger partial charge is 0.0948 e. The molecule has 1 aromatic rings. The van der Waals surface area contributed by atoms with E-state index in [9.17, 15) is 5.11 Å². The minimum absolute atomic E-state index is 0.268. The van der Waals surface area contributed by atoms with Gasteiger partial charge in [0.05, 0.1) is 5.60 Å². The van der Waals surface area contributed by atoms with Crippen molar-refractivity contribution in [1.82, 2.24) is 4.90 Å². The first kappa shape index (κ1) is 14.5. The average Bonchev–Trinajstić information content (AvgIpc) is 2.36. The van der Waals surface area contributed by atoms with Crippen molar-refractivity contribution in [1.29, 1.82) is 0 Å². The van der Waals surface area contributed by atoms with Gasteiger partial charge in [0, 0.05) is 25.0 Å². The van der Waals surface area contributed by atoms with Crippen LogP contribution in [0.15, 0.2) is 30.3 Å². The molecule has 106 valence electrons. The monoisotopic (exact) mass is 261 g/mol. The SMILES string of the molecule is CC(C)CN1C[C@@H](C)[C@](O)(c2ccccc2)C[C@@H]1C. The Balaban J connectivity index is 2.18. The minimum Gasteiger partial charge on any atom is -0.385 e. The third kappa shape index (κ3) is 3.01. The second-order valence-corrected chi connectivity index (χ2v) is 6.59. The zero-order valence-corrected chi connectivity index (χ0v) is 12.6. The van der Waals surface area contributed by atoms with Crippen LogP contribution in [0, 0.1) is 11.8 Å². The molecule has 3 atom stereocenters. The molecule has 2 heteroatoms. The van der Waals surface area contributed by atoms with Crippen LogP contribution in [-0.2, 0) is 5.60 Å². The fourth-order valence-electron chi connectivity index (χ4n) is 3.32. The van der Waals surface area contributed by atoms with Crippen molar-refractivity contribution in [2.45, 2.75) is 45.8 Å². The summed E-state index contributed by atoms with van der Waals surface area (Å²) in [7, 11) is 0. The molecule has 1 saturated heterocycles. The van der Waals surface area contributed by atoms with Crippen molar-refractivity contribution >= 4 is 0 Å². The van der Waals surface area contributed by atoms with Crippen molar-refractivity contribution in [3.8, 4) is 0 Å². The number of piperidine rings is 1. The van der Waals surface area contributed by atoms with Crippen molar-refractivity contribution in [3.05, 3.63) is 35.9 Å². The van der Waals surface area contributed by atoms with Crippen LogP contribution in [0.1, 0.15) is 39.7 Å². The average molecular weight is 261 g/mol. The summed E-state index contributed by atoms with van der Waals surface area (Å²) in [5.41, 5.74) is 0.396. The second-order valence-electron chi connectivity index (χ2n) is 6.59. The molecule has 0 radical (unpaired) electrons. The van der Waals surface area contributed by atoms with E-state index in [0.717, 1.165) is 25.1 Å². The maximum Gasteiger partial charge on any atom is 0.0948 e. The molecule has 2 rings (SSSR count). The summed E-state index contributed by atoms with van der Waals surface area (Å²) in [5, 5.41) is 11.1. The first-order valence-corrected chi connectivity index (χ1v) is 7.45. The molecule has 0 aliphatic carbocycles. The lowest BCUT2D eigenvalue weighted by molar-refractivity contribution is -0.0925. The summed E-state index contributed by atoms with van der Waals surface area (Å²) in [6.07, 6.45) is 0.824. The van der Waals surface area contributed by atoms with Gasteiger partial charge in [0.15, 0.2) is 0 Å². The molecule has 0 amide bonds. The van der Waals surface area contributed by atoms with Gasteiger partial charge in [-0.2, -0.15) is 0 Å². The fraction of sp³-hybridized carbons (Fsp3) is 0.647. The lowest BCUT2D eigenvalue weighted by Gasteiger charge is -2.47. The Bertz CT molecular complexity index is 403. The molecule has 0 spiro atoms. The Kier molecular flexibility index (Phi) is 4.32. The maximum absolute atomic E-state index is 11.1. The van der Waals surface area contributed by atoms with Crippen LogP contribution in [0.5, 0.6) is 0 Å². The minimum atomic E-state index is -0.672. The third-order valence-electron chi connectivity index (χ3n) is 4.43. The Morgan fingerprint density at radius 1 is 1.26 bits per heavy atom. The van der Waals surface area contributed by atoms with Crippen LogP contribution in [0.25, 0.3) is 0 Å². The van der Waals surface area contributed by atoms with Gasteiger partial charge in [-0.25, -0.2) is 0 Å². The molecule has 1 aliphatic heterocycles. The van der Waals surface area contributed by atoms with E-state index in [1.165, 1.54) is 0 Å².